The highest BCUT2D eigenvalue weighted by molar-refractivity contribution is 6.09. The Bertz CT molecular complexity index is 642. The summed E-state index contributed by atoms with van der Waals surface area (Å²) >= 11 is 0. The van der Waals surface area contributed by atoms with E-state index < -0.39 is 0 Å². The third kappa shape index (κ3) is 2.61. The molecule has 0 aromatic heterocycles. The fraction of sp³-hybridized carbons (Fsp3) is 0.133. The molecule has 2 aromatic carbocycles. The van der Waals surface area contributed by atoms with E-state index >= 15 is 0 Å². The van der Waals surface area contributed by atoms with Gasteiger partial charge in [-0.05, 0) is 12.1 Å². The van der Waals surface area contributed by atoms with Crippen LogP contribution in [0.5, 0.6) is 0 Å². The fourth-order valence-corrected chi connectivity index (χ4v) is 1.86. The highest BCUT2D eigenvalue weighted by Crippen LogP contribution is 2.29. The summed E-state index contributed by atoms with van der Waals surface area (Å²) in [6.45, 7) is 0. The summed E-state index contributed by atoms with van der Waals surface area (Å²) in [5, 5.41) is 8.93. The molecule has 2 rings (SSSR count). The predicted octanol–water partition coefficient (Wildman–Crippen LogP) is 3.47. The molecule has 0 atom stereocenters. The third-order valence-corrected chi connectivity index (χ3v) is 2.86. The maximum atomic E-state index is 12.3. The second-order valence-corrected chi connectivity index (χ2v) is 4.39. The number of rotatable bonds is 3. The summed E-state index contributed by atoms with van der Waals surface area (Å²) in [4.78, 5) is 17.3. The van der Waals surface area contributed by atoms with Crippen LogP contribution in [-0.4, -0.2) is 19.9 Å². The molecule has 0 aliphatic heterocycles. The molecule has 0 fully saturated rings. The number of diazo groups is 1. The van der Waals surface area contributed by atoms with Crippen LogP contribution in [0.4, 0.5) is 11.4 Å². The molecule has 2 aromatic rings. The van der Waals surface area contributed by atoms with E-state index in [9.17, 15) is 4.79 Å². The topological polar surface area (TPSA) is 48.5 Å². The number of carbonyl (C=O) groups is 1. The van der Waals surface area contributed by atoms with Gasteiger partial charge in [-0.3, -0.25) is 4.79 Å². The van der Waals surface area contributed by atoms with Crippen molar-refractivity contribution >= 4 is 17.2 Å². The van der Waals surface area contributed by atoms with Crippen molar-refractivity contribution in [2.24, 2.45) is 0 Å². The van der Waals surface area contributed by atoms with E-state index in [2.05, 4.69) is 4.98 Å². The standard InChI is InChI=1S/C15H14N3O/c1-18(2)14-10-12(8-9-13(14)17-16)15(19)11-6-4-3-5-7-11/h3-10H,1-2H3/q+1. The van der Waals surface area contributed by atoms with Crippen LogP contribution in [0.3, 0.4) is 0 Å². The van der Waals surface area contributed by atoms with Gasteiger partial charge in [0.05, 0.1) is 0 Å². The first-order valence-electron chi connectivity index (χ1n) is 5.89. The molecule has 0 bridgehead atoms. The number of ketones is 1. The molecule has 0 N–H and O–H groups in total. The Balaban J connectivity index is 2.45. The Kier molecular flexibility index (Phi) is 3.58. The average molecular weight is 252 g/mol. The van der Waals surface area contributed by atoms with Crippen molar-refractivity contribution < 1.29 is 4.79 Å². The maximum Gasteiger partial charge on any atom is 0.408 e. The summed E-state index contributed by atoms with van der Waals surface area (Å²) in [5.74, 6) is -0.0480. The van der Waals surface area contributed by atoms with Crippen molar-refractivity contribution in [3.63, 3.8) is 0 Å². The van der Waals surface area contributed by atoms with Gasteiger partial charge < -0.3 is 4.90 Å². The summed E-state index contributed by atoms with van der Waals surface area (Å²) in [6.07, 6.45) is 0. The molecular weight excluding hydrogens is 238 g/mol. The van der Waals surface area contributed by atoms with Gasteiger partial charge >= 0.3 is 5.69 Å². The lowest BCUT2D eigenvalue weighted by Gasteiger charge is -2.10. The molecule has 19 heavy (non-hydrogen) atoms. The molecule has 0 spiro atoms. The van der Waals surface area contributed by atoms with Gasteiger partial charge in [0.15, 0.2) is 10.8 Å². The maximum absolute atomic E-state index is 12.3. The second-order valence-electron chi connectivity index (χ2n) is 4.39. The van der Waals surface area contributed by atoms with E-state index in [0.717, 1.165) is 0 Å². The van der Waals surface area contributed by atoms with Crippen LogP contribution in [0.15, 0.2) is 48.5 Å². The van der Waals surface area contributed by atoms with E-state index in [1.54, 1.807) is 35.2 Å². The number of anilines is 1. The first-order valence-corrected chi connectivity index (χ1v) is 5.89. The molecule has 0 amide bonds. The van der Waals surface area contributed by atoms with Crippen LogP contribution in [0, 0.1) is 5.39 Å². The SMILES string of the molecule is CN(C)c1cc(C(=O)c2ccccc2)ccc1[N+]#N. The largest absolute Gasteiger partial charge is 0.408 e. The van der Waals surface area contributed by atoms with Crippen molar-refractivity contribution in [2.45, 2.75) is 0 Å². The van der Waals surface area contributed by atoms with Crippen molar-refractivity contribution in [1.29, 1.82) is 5.39 Å². The molecule has 4 nitrogen and oxygen atoms in total. The summed E-state index contributed by atoms with van der Waals surface area (Å²) < 4.78 is 0. The number of hydrogen-bond acceptors (Lipinski definition) is 3. The average Bonchev–Trinajstić information content (AvgIpc) is 2.46. The van der Waals surface area contributed by atoms with E-state index in [4.69, 9.17) is 5.39 Å². The van der Waals surface area contributed by atoms with Gasteiger partial charge in [-0.1, -0.05) is 30.3 Å². The van der Waals surface area contributed by atoms with E-state index in [1.807, 2.05) is 32.3 Å². The number of hydrogen-bond donors (Lipinski definition) is 0. The lowest BCUT2D eigenvalue weighted by atomic mass is 10.0. The van der Waals surface area contributed by atoms with E-state index in [0.29, 0.717) is 22.5 Å². The van der Waals surface area contributed by atoms with E-state index in [-0.39, 0.29) is 5.78 Å². The smallest absolute Gasteiger partial charge is 0.371 e. The quantitative estimate of drug-likeness (QED) is 0.620. The third-order valence-electron chi connectivity index (χ3n) is 2.86. The molecule has 0 saturated carbocycles. The molecule has 94 valence electrons. The molecular formula is C15H14N3O+. The first-order chi connectivity index (χ1) is 9.13. The number of benzene rings is 2. The Morgan fingerprint density at radius 1 is 1.05 bits per heavy atom. The fourth-order valence-electron chi connectivity index (χ4n) is 1.86. The highest BCUT2D eigenvalue weighted by Gasteiger charge is 2.18. The normalized spacial score (nSPS) is 9.74. The Morgan fingerprint density at radius 3 is 2.32 bits per heavy atom. The van der Waals surface area contributed by atoms with Gasteiger partial charge in [0.2, 0.25) is 5.39 Å². The van der Waals surface area contributed by atoms with Gasteiger partial charge in [-0.15, -0.1) is 0 Å². The molecule has 0 aliphatic carbocycles. The molecule has 0 radical (unpaired) electrons. The second kappa shape index (κ2) is 5.32. The van der Waals surface area contributed by atoms with Crippen LogP contribution in [0.2, 0.25) is 0 Å². The predicted molar refractivity (Wildman–Crippen MR) is 75.4 cm³/mol. The van der Waals surface area contributed by atoms with Crippen molar-refractivity contribution in [1.82, 2.24) is 0 Å². The minimum atomic E-state index is -0.0480. The minimum Gasteiger partial charge on any atom is -0.371 e. The Morgan fingerprint density at radius 2 is 1.74 bits per heavy atom. The van der Waals surface area contributed by atoms with E-state index in [1.165, 1.54) is 0 Å². The van der Waals surface area contributed by atoms with Crippen molar-refractivity contribution in [2.75, 3.05) is 19.0 Å². The van der Waals surface area contributed by atoms with Crippen LogP contribution in [-0.2, 0) is 0 Å². The zero-order valence-electron chi connectivity index (χ0n) is 10.9. The van der Waals surface area contributed by atoms with Crippen LogP contribution < -0.4 is 4.90 Å². The monoisotopic (exact) mass is 252 g/mol. The number of carbonyl (C=O) groups excluding carboxylic acids is 1. The molecule has 0 unspecified atom stereocenters. The van der Waals surface area contributed by atoms with Crippen LogP contribution in [0.25, 0.3) is 4.98 Å². The lowest BCUT2D eigenvalue weighted by molar-refractivity contribution is 0.103. The van der Waals surface area contributed by atoms with Crippen LogP contribution >= 0.6 is 0 Å². The zero-order valence-corrected chi connectivity index (χ0v) is 10.9. The van der Waals surface area contributed by atoms with Crippen LogP contribution in [0.1, 0.15) is 15.9 Å². The first kappa shape index (κ1) is 12.8. The van der Waals surface area contributed by atoms with Gasteiger partial charge in [0.25, 0.3) is 0 Å². The summed E-state index contributed by atoms with van der Waals surface area (Å²) in [5.41, 5.74) is 2.35. The van der Waals surface area contributed by atoms with Gasteiger partial charge in [-0.2, -0.15) is 0 Å². The highest BCUT2D eigenvalue weighted by atomic mass is 16.1. The Hall–Kier alpha value is -2.67. The molecule has 0 aliphatic rings. The van der Waals surface area contributed by atoms with Gasteiger partial charge in [0, 0.05) is 31.3 Å². The Labute approximate surface area is 111 Å². The van der Waals surface area contributed by atoms with Crippen molar-refractivity contribution in [3.8, 4) is 0 Å². The zero-order chi connectivity index (χ0) is 13.8. The van der Waals surface area contributed by atoms with Gasteiger partial charge in [-0.25, -0.2) is 0 Å². The number of nitrogens with zero attached hydrogens (tertiary/aromatic N) is 3. The molecule has 0 heterocycles. The lowest BCUT2D eigenvalue weighted by Crippen LogP contribution is -2.10. The molecule has 0 saturated heterocycles. The summed E-state index contributed by atoms with van der Waals surface area (Å²) in [7, 11) is 3.67. The summed E-state index contributed by atoms with van der Waals surface area (Å²) in [6, 6.07) is 14.1. The molecule has 4 heteroatoms. The van der Waals surface area contributed by atoms with Crippen molar-refractivity contribution in [3.05, 3.63) is 64.6 Å². The minimum absolute atomic E-state index is 0.0480. The van der Waals surface area contributed by atoms with Gasteiger partial charge in [0.1, 0.15) is 5.69 Å².